The van der Waals surface area contributed by atoms with Crippen LogP contribution >= 0.6 is 0 Å². The second kappa shape index (κ2) is 7.32. The van der Waals surface area contributed by atoms with Crippen molar-refractivity contribution in [3.05, 3.63) is 59.4 Å². The first-order valence-electron chi connectivity index (χ1n) is 8.27. The van der Waals surface area contributed by atoms with Crippen LogP contribution in [0.5, 0.6) is 5.75 Å². The van der Waals surface area contributed by atoms with Crippen molar-refractivity contribution in [3.63, 3.8) is 0 Å². The first kappa shape index (κ1) is 18.8. The highest BCUT2D eigenvalue weighted by atomic mass is 32.2. The van der Waals surface area contributed by atoms with Gasteiger partial charge in [0.2, 0.25) is 0 Å². The molecule has 27 heavy (non-hydrogen) atoms. The van der Waals surface area contributed by atoms with E-state index in [-0.39, 0.29) is 4.90 Å². The van der Waals surface area contributed by atoms with Crippen molar-refractivity contribution in [2.45, 2.75) is 25.7 Å². The summed E-state index contributed by atoms with van der Waals surface area (Å²) in [4.78, 5) is 0.223. The van der Waals surface area contributed by atoms with Gasteiger partial charge in [0.1, 0.15) is 11.5 Å². The third-order valence-corrected chi connectivity index (χ3v) is 5.54. The lowest BCUT2D eigenvalue weighted by molar-refractivity contribution is 0.400. The van der Waals surface area contributed by atoms with Crippen LogP contribution in [0.15, 0.2) is 51.9 Å². The molecule has 1 aromatic heterocycles. The van der Waals surface area contributed by atoms with E-state index >= 15 is 0 Å². The second-order valence-electron chi connectivity index (χ2n) is 6.22. The van der Waals surface area contributed by atoms with Gasteiger partial charge in [-0.1, -0.05) is 5.16 Å². The number of nitrogens with one attached hydrogen (secondary N) is 2. The summed E-state index contributed by atoms with van der Waals surface area (Å²) in [5.74, 6) is 1.95. The van der Waals surface area contributed by atoms with E-state index < -0.39 is 10.0 Å². The Balaban J connectivity index is 1.79. The van der Waals surface area contributed by atoms with Crippen molar-refractivity contribution in [3.8, 4) is 5.75 Å². The molecule has 7 nitrogen and oxygen atoms in total. The van der Waals surface area contributed by atoms with E-state index in [9.17, 15) is 8.42 Å². The molecule has 2 aromatic carbocycles. The van der Waals surface area contributed by atoms with Crippen molar-refractivity contribution in [2.24, 2.45) is 0 Å². The molecule has 0 saturated heterocycles. The van der Waals surface area contributed by atoms with E-state index in [2.05, 4.69) is 15.2 Å². The molecule has 0 amide bonds. The van der Waals surface area contributed by atoms with E-state index in [4.69, 9.17) is 9.26 Å². The van der Waals surface area contributed by atoms with Gasteiger partial charge in [-0.2, -0.15) is 0 Å². The Labute approximate surface area is 158 Å². The smallest absolute Gasteiger partial charge is 0.262 e. The summed E-state index contributed by atoms with van der Waals surface area (Å²) in [7, 11) is -2.15. The lowest BCUT2D eigenvalue weighted by Gasteiger charge is -2.14. The van der Waals surface area contributed by atoms with Gasteiger partial charge in [0, 0.05) is 17.4 Å². The molecule has 0 atom stereocenters. The molecule has 1 heterocycles. The number of methoxy groups -OCH3 is 1. The predicted octanol–water partition coefficient (Wildman–Crippen LogP) is 4.15. The van der Waals surface area contributed by atoms with Gasteiger partial charge in [0.25, 0.3) is 10.0 Å². The van der Waals surface area contributed by atoms with Crippen LogP contribution in [0.3, 0.4) is 0 Å². The zero-order valence-electron chi connectivity index (χ0n) is 15.5. The van der Waals surface area contributed by atoms with Crippen molar-refractivity contribution in [1.82, 2.24) is 5.16 Å². The van der Waals surface area contributed by atoms with Crippen LogP contribution in [0.2, 0.25) is 0 Å². The van der Waals surface area contributed by atoms with E-state index in [1.807, 2.05) is 6.92 Å². The van der Waals surface area contributed by atoms with Crippen LogP contribution in [-0.2, 0) is 10.0 Å². The van der Waals surface area contributed by atoms with Gasteiger partial charge in [-0.3, -0.25) is 4.72 Å². The zero-order chi connectivity index (χ0) is 19.6. The van der Waals surface area contributed by atoms with Crippen LogP contribution in [-0.4, -0.2) is 20.7 Å². The fraction of sp³-hybridized carbons (Fsp3) is 0.211. The van der Waals surface area contributed by atoms with E-state index in [0.29, 0.717) is 28.6 Å². The summed E-state index contributed by atoms with van der Waals surface area (Å²) in [5.41, 5.74) is 2.60. The Morgan fingerprint density at radius 1 is 0.963 bits per heavy atom. The normalized spacial score (nSPS) is 11.3. The number of hydrogen-bond acceptors (Lipinski definition) is 6. The third-order valence-electron chi connectivity index (χ3n) is 4.02. The minimum absolute atomic E-state index is 0.223. The molecule has 3 aromatic rings. The van der Waals surface area contributed by atoms with Gasteiger partial charge in [-0.05, 0) is 68.3 Å². The Morgan fingerprint density at radius 3 is 2.22 bits per heavy atom. The maximum Gasteiger partial charge on any atom is 0.262 e. The number of hydrogen-bond donors (Lipinski definition) is 2. The summed E-state index contributed by atoms with van der Waals surface area (Å²) in [5, 5.41) is 6.94. The highest BCUT2D eigenvalue weighted by molar-refractivity contribution is 7.92. The minimum atomic E-state index is -3.71. The SMILES string of the molecule is COc1cc(C)c(S(=O)(=O)Nc2ccc(Nc3cc(C)on3)cc2)cc1C. The maximum absolute atomic E-state index is 12.8. The van der Waals surface area contributed by atoms with Crippen LogP contribution in [0.25, 0.3) is 0 Å². The Hall–Kier alpha value is -3.00. The van der Waals surface area contributed by atoms with Gasteiger partial charge >= 0.3 is 0 Å². The summed E-state index contributed by atoms with van der Waals surface area (Å²) in [6.07, 6.45) is 0. The Kier molecular flexibility index (Phi) is 5.09. The number of aryl methyl sites for hydroxylation is 3. The first-order chi connectivity index (χ1) is 12.8. The molecular weight excluding hydrogens is 366 g/mol. The van der Waals surface area contributed by atoms with Crippen molar-refractivity contribution < 1.29 is 17.7 Å². The van der Waals surface area contributed by atoms with Gasteiger partial charge < -0.3 is 14.6 Å². The van der Waals surface area contributed by atoms with Crippen LogP contribution < -0.4 is 14.8 Å². The average molecular weight is 387 g/mol. The number of sulfonamides is 1. The minimum Gasteiger partial charge on any atom is -0.496 e. The van der Waals surface area contributed by atoms with Gasteiger partial charge in [0.05, 0.1) is 12.0 Å². The highest BCUT2D eigenvalue weighted by Gasteiger charge is 2.19. The monoisotopic (exact) mass is 387 g/mol. The molecule has 0 unspecified atom stereocenters. The van der Waals surface area contributed by atoms with E-state index in [1.54, 1.807) is 63.4 Å². The molecule has 3 rings (SSSR count). The molecule has 0 aliphatic heterocycles. The fourth-order valence-electron chi connectivity index (χ4n) is 2.68. The summed E-state index contributed by atoms with van der Waals surface area (Å²) >= 11 is 0. The Morgan fingerprint density at radius 2 is 1.63 bits per heavy atom. The molecule has 2 N–H and O–H groups in total. The first-order valence-corrected chi connectivity index (χ1v) is 9.75. The number of ether oxygens (including phenoxy) is 1. The topological polar surface area (TPSA) is 93.5 Å². The average Bonchev–Trinajstić information content (AvgIpc) is 3.02. The highest BCUT2D eigenvalue weighted by Crippen LogP contribution is 2.27. The number of benzene rings is 2. The molecule has 0 aliphatic carbocycles. The molecule has 0 radical (unpaired) electrons. The molecule has 142 valence electrons. The van der Waals surface area contributed by atoms with Crippen molar-refractivity contribution >= 4 is 27.2 Å². The number of nitrogens with zero attached hydrogens (tertiary/aromatic N) is 1. The number of rotatable bonds is 6. The van der Waals surface area contributed by atoms with Crippen molar-refractivity contribution in [2.75, 3.05) is 17.1 Å². The molecule has 0 saturated carbocycles. The lowest BCUT2D eigenvalue weighted by atomic mass is 10.1. The van der Waals surface area contributed by atoms with E-state index in [1.165, 1.54) is 0 Å². The van der Waals surface area contributed by atoms with Crippen molar-refractivity contribution in [1.29, 1.82) is 0 Å². The summed E-state index contributed by atoms with van der Waals surface area (Å²) in [6, 6.07) is 12.0. The largest absolute Gasteiger partial charge is 0.496 e. The Bertz CT molecular complexity index is 1060. The molecule has 8 heteroatoms. The molecule has 0 bridgehead atoms. The molecular formula is C19H21N3O4S. The van der Waals surface area contributed by atoms with Crippen LogP contribution in [0.4, 0.5) is 17.2 Å². The van der Waals surface area contributed by atoms with E-state index in [0.717, 1.165) is 11.3 Å². The third kappa shape index (κ3) is 4.22. The lowest BCUT2D eigenvalue weighted by Crippen LogP contribution is -2.14. The van der Waals surface area contributed by atoms with Crippen LogP contribution in [0.1, 0.15) is 16.9 Å². The molecule has 0 fully saturated rings. The maximum atomic E-state index is 12.8. The number of aromatic nitrogens is 1. The fourth-order valence-corrected chi connectivity index (χ4v) is 4.05. The summed E-state index contributed by atoms with van der Waals surface area (Å²) < 4.78 is 38.4. The predicted molar refractivity (Wildman–Crippen MR) is 104 cm³/mol. The standard InChI is InChI=1S/C19H21N3O4S/c1-12-10-18(13(2)9-17(12)25-4)27(23,24)22-16-7-5-15(6-8-16)20-19-11-14(3)26-21-19/h5-11,22H,1-4H3,(H,20,21). The quantitative estimate of drug-likeness (QED) is 0.660. The van der Waals surface area contributed by atoms with Gasteiger partial charge in [-0.15, -0.1) is 0 Å². The van der Waals surface area contributed by atoms with Gasteiger partial charge in [-0.25, -0.2) is 8.42 Å². The number of anilines is 3. The zero-order valence-corrected chi connectivity index (χ0v) is 16.3. The molecule has 0 spiro atoms. The second-order valence-corrected chi connectivity index (χ2v) is 7.87. The van der Waals surface area contributed by atoms with Gasteiger partial charge in [0.15, 0.2) is 5.82 Å². The van der Waals surface area contributed by atoms with Crippen LogP contribution in [0, 0.1) is 20.8 Å². The summed E-state index contributed by atoms with van der Waals surface area (Å²) in [6.45, 7) is 5.35. The molecule has 0 aliphatic rings.